The van der Waals surface area contributed by atoms with Gasteiger partial charge in [-0.2, -0.15) is 0 Å². The topological polar surface area (TPSA) is 90.7 Å². The molecule has 0 saturated heterocycles. The molecular formula is C12H17N5O2. The lowest BCUT2D eigenvalue weighted by molar-refractivity contribution is 0.0690. The van der Waals surface area contributed by atoms with E-state index in [0.29, 0.717) is 11.9 Å². The molecule has 0 amide bonds. The minimum absolute atomic E-state index is 0.00204. The molecule has 1 aliphatic rings. The molecular weight excluding hydrogens is 246 g/mol. The average Bonchev–Trinajstić information content (AvgIpc) is 2.81. The summed E-state index contributed by atoms with van der Waals surface area (Å²) in [7, 11) is 0. The third kappa shape index (κ3) is 3.64. The van der Waals surface area contributed by atoms with Crippen LogP contribution in [0.3, 0.4) is 0 Å². The standard InChI is InChI=1S/C12H17N5O2/c1-9-6-13-8-17(9)4-2-3-14-11-5-10(12(18)19)15-7-16-11/h5,7-9H,2-4,6H2,1H3,(H,18,19)(H,14,15,16). The highest BCUT2D eigenvalue weighted by Gasteiger charge is 2.13. The third-order valence-electron chi connectivity index (χ3n) is 2.95. The zero-order valence-corrected chi connectivity index (χ0v) is 10.8. The number of carboxylic acids is 1. The van der Waals surface area contributed by atoms with Crippen molar-refractivity contribution < 1.29 is 9.90 Å². The summed E-state index contributed by atoms with van der Waals surface area (Å²) in [5.41, 5.74) is -0.00204. The number of nitrogens with one attached hydrogen (secondary N) is 1. The summed E-state index contributed by atoms with van der Waals surface area (Å²) >= 11 is 0. The molecule has 19 heavy (non-hydrogen) atoms. The largest absolute Gasteiger partial charge is 0.477 e. The van der Waals surface area contributed by atoms with Crippen LogP contribution in [-0.4, -0.2) is 58.0 Å². The molecule has 1 unspecified atom stereocenters. The summed E-state index contributed by atoms with van der Waals surface area (Å²) in [6, 6.07) is 1.90. The van der Waals surface area contributed by atoms with Crippen LogP contribution in [0.5, 0.6) is 0 Å². The Kier molecular flexibility index (Phi) is 4.27. The van der Waals surface area contributed by atoms with Crippen LogP contribution in [0.2, 0.25) is 0 Å². The Hall–Kier alpha value is -2.18. The van der Waals surface area contributed by atoms with Crippen LogP contribution in [0.1, 0.15) is 23.8 Å². The summed E-state index contributed by atoms with van der Waals surface area (Å²) in [5.74, 6) is -0.511. The van der Waals surface area contributed by atoms with Gasteiger partial charge in [0, 0.05) is 25.2 Å². The Morgan fingerprint density at radius 1 is 1.58 bits per heavy atom. The van der Waals surface area contributed by atoms with Crippen molar-refractivity contribution in [2.45, 2.75) is 19.4 Å². The lowest BCUT2D eigenvalue weighted by Gasteiger charge is -2.20. The van der Waals surface area contributed by atoms with E-state index in [4.69, 9.17) is 5.11 Å². The highest BCUT2D eigenvalue weighted by Crippen LogP contribution is 2.06. The molecule has 0 bridgehead atoms. The summed E-state index contributed by atoms with van der Waals surface area (Å²) in [4.78, 5) is 24.8. The first kappa shape index (κ1) is 13.3. The van der Waals surface area contributed by atoms with Gasteiger partial charge < -0.3 is 15.3 Å². The van der Waals surface area contributed by atoms with Crippen molar-refractivity contribution >= 4 is 18.1 Å². The molecule has 7 nitrogen and oxygen atoms in total. The van der Waals surface area contributed by atoms with Crippen molar-refractivity contribution in [2.24, 2.45) is 4.99 Å². The molecule has 2 N–H and O–H groups in total. The van der Waals surface area contributed by atoms with Crippen molar-refractivity contribution in [3.63, 3.8) is 0 Å². The molecule has 1 atom stereocenters. The van der Waals surface area contributed by atoms with Crippen LogP contribution >= 0.6 is 0 Å². The summed E-state index contributed by atoms with van der Waals surface area (Å²) < 4.78 is 0. The molecule has 0 fully saturated rings. The van der Waals surface area contributed by atoms with Gasteiger partial charge in [-0.3, -0.25) is 4.99 Å². The van der Waals surface area contributed by atoms with Crippen LogP contribution in [-0.2, 0) is 0 Å². The van der Waals surface area contributed by atoms with E-state index >= 15 is 0 Å². The second-order valence-electron chi connectivity index (χ2n) is 4.44. The Bertz CT molecular complexity index is 477. The smallest absolute Gasteiger partial charge is 0.354 e. The number of aliphatic imine (C=N–C) groups is 1. The van der Waals surface area contributed by atoms with Gasteiger partial charge in [-0.15, -0.1) is 0 Å². The summed E-state index contributed by atoms with van der Waals surface area (Å²) in [5, 5.41) is 11.9. The number of aromatic nitrogens is 2. The fourth-order valence-electron chi connectivity index (χ4n) is 1.85. The lowest BCUT2D eigenvalue weighted by atomic mass is 10.3. The van der Waals surface area contributed by atoms with Crippen molar-refractivity contribution in [1.29, 1.82) is 0 Å². The molecule has 2 heterocycles. The first-order valence-corrected chi connectivity index (χ1v) is 6.21. The quantitative estimate of drug-likeness (QED) is 0.734. The van der Waals surface area contributed by atoms with E-state index in [2.05, 4.69) is 32.1 Å². The number of carbonyl (C=O) groups is 1. The summed E-state index contributed by atoms with van der Waals surface area (Å²) in [6.45, 7) is 4.66. The predicted octanol–water partition coefficient (Wildman–Crippen LogP) is 0.709. The van der Waals surface area contributed by atoms with Crippen molar-refractivity contribution in [2.75, 3.05) is 25.0 Å². The predicted molar refractivity (Wildman–Crippen MR) is 71.6 cm³/mol. The van der Waals surface area contributed by atoms with Gasteiger partial charge in [-0.1, -0.05) is 0 Å². The van der Waals surface area contributed by atoms with Crippen LogP contribution in [0.25, 0.3) is 0 Å². The van der Waals surface area contributed by atoms with Crippen molar-refractivity contribution in [3.05, 3.63) is 18.1 Å². The molecule has 2 rings (SSSR count). The first-order valence-electron chi connectivity index (χ1n) is 6.21. The Labute approximate surface area is 111 Å². The minimum atomic E-state index is -1.05. The molecule has 0 aromatic carbocycles. The first-order chi connectivity index (χ1) is 9.16. The van der Waals surface area contributed by atoms with E-state index in [-0.39, 0.29) is 5.69 Å². The molecule has 0 radical (unpaired) electrons. The number of hydrogen-bond acceptors (Lipinski definition) is 6. The van der Waals surface area contributed by atoms with Gasteiger partial charge in [-0.05, 0) is 13.3 Å². The van der Waals surface area contributed by atoms with E-state index in [1.54, 1.807) is 0 Å². The van der Waals surface area contributed by atoms with E-state index in [1.165, 1.54) is 12.4 Å². The summed E-state index contributed by atoms with van der Waals surface area (Å²) in [6.07, 6.45) is 4.07. The average molecular weight is 263 g/mol. The molecule has 7 heteroatoms. The Morgan fingerprint density at radius 2 is 2.42 bits per heavy atom. The fraction of sp³-hybridized carbons (Fsp3) is 0.500. The van der Waals surface area contributed by atoms with E-state index in [1.807, 2.05) is 6.34 Å². The Balaban J connectivity index is 1.75. The van der Waals surface area contributed by atoms with E-state index < -0.39 is 5.97 Å². The maximum absolute atomic E-state index is 10.8. The molecule has 0 aliphatic carbocycles. The van der Waals surface area contributed by atoms with Crippen LogP contribution in [0.4, 0.5) is 5.82 Å². The number of anilines is 1. The van der Waals surface area contributed by atoms with Gasteiger partial charge in [0.2, 0.25) is 0 Å². The minimum Gasteiger partial charge on any atom is -0.477 e. The monoisotopic (exact) mass is 263 g/mol. The van der Waals surface area contributed by atoms with Gasteiger partial charge >= 0.3 is 5.97 Å². The Morgan fingerprint density at radius 3 is 3.11 bits per heavy atom. The maximum Gasteiger partial charge on any atom is 0.354 e. The van der Waals surface area contributed by atoms with E-state index in [9.17, 15) is 4.79 Å². The number of rotatable bonds is 6. The molecule has 0 spiro atoms. The second kappa shape index (κ2) is 6.12. The number of carboxylic acid groups (broad SMARTS) is 1. The van der Waals surface area contributed by atoms with Gasteiger partial charge in [-0.25, -0.2) is 14.8 Å². The van der Waals surface area contributed by atoms with Crippen LogP contribution < -0.4 is 5.32 Å². The molecule has 1 aliphatic heterocycles. The number of hydrogen-bond donors (Lipinski definition) is 2. The van der Waals surface area contributed by atoms with Crippen molar-refractivity contribution in [3.8, 4) is 0 Å². The van der Waals surface area contributed by atoms with Gasteiger partial charge in [0.1, 0.15) is 12.1 Å². The molecule has 1 aromatic heterocycles. The maximum atomic E-state index is 10.8. The fourth-order valence-corrected chi connectivity index (χ4v) is 1.85. The highest BCUT2D eigenvalue weighted by atomic mass is 16.4. The highest BCUT2D eigenvalue weighted by molar-refractivity contribution is 5.85. The van der Waals surface area contributed by atoms with Gasteiger partial charge in [0.15, 0.2) is 5.69 Å². The van der Waals surface area contributed by atoms with Crippen molar-refractivity contribution in [1.82, 2.24) is 14.9 Å². The second-order valence-corrected chi connectivity index (χ2v) is 4.44. The zero-order chi connectivity index (χ0) is 13.7. The number of aromatic carboxylic acids is 1. The molecule has 102 valence electrons. The zero-order valence-electron chi connectivity index (χ0n) is 10.8. The third-order valence-corrected chi connectivity index (χ3v) is 2.95. The SMILES string of the molecule is CC1CN=CN1CCCNc1cc(C(=O)O)ncn1. The van der Waals surface area contributed by atoms with Gasteiger partial charge in [0.25, 0.3) is 0 Å². The molecule has 0 saturated carbocycles. The number of nitrogens with zero attached hydrogens (tertiary/aromatic N) is 4. The lowest BCUT2D eigenvalue weighted by Crippen LogP contribution is -2.30. The van der Waals surface area contributed by atoms with Crippen LogP contribution in [0.15, 0.2) is 17.4 Å². The van der Waals surface area contributed by atoms with E-state index in [0.717, 1.165) is 26.1 Å². The normalized spacial score (nSPS) is 17.7. The molecule has 1 aromatic rings. The van der Waals surface area contributed by atoms with Crippen LogP contribution in [0, 0.1) is 0 Å². The van der Waals surface area contributed by atoms with Gasteiger partial charge in [0.05, 0.1) is 12.9 Å².